The summed E-state index contributed by atoms with van der Waals surface area (Å²) in [6, 6.07) is 8.62. The number of hydrogen-bond donors (Lipinski definition) is 0. The molecule has 0 heterocycles. The van der Waals surface area contributed by atoms with E-state index >= 15 is 0 Å². The van der Waals surface area contributed by atoms with Crippen molar-refractivity contribution in [3.63, 3.8) is 0 Å². The molecule has 0 bridgehead atoms. The maximum absolute atomic E-state index is 2.22. The largest absolute Gasteiger partial charge is 0.351 e. The lowest BCUT2D eigenvalue weighted by Crippen LogP contribution is -2.10. The van der Waals surface area contributed by atoms with E-state index in [0.29, 0.717) is 0 Å². The lowest BCUT2D eigenvalue weighted by molar-refractivity contribution is 0.915. The maximum Gasteiger partial charge on any atom is 0.0436 e. The van der Waals surface area contributed by atoms with Gasteiger partial charge in [-0.15, -0.1) is 0 Å². The Morgan fingerprint density at radius 1 is 1.27 bits per heavy atom. The van der Waals surface area contributed by atoms with Gasteiger partial charge in [-0.2, -0.15) is 0 Å². The topological polar surface area (TPSA) is 3.24 Å². The van der Waals surface area contributed by atoms with Gasteiger partial charge in [0.25, 0.3) is 0 Å². The molecule has 0 aromatic heterocycles. The van der Waals surface area contributed by atoms with Gasteiger partial charge in [-0.1, -0.05) is 37.1 Å². The molecule has 0 spiro atoms. The van der Waals surface area contributed by atoms with E-state index in [0.717, 1.165) is 6.42 Å². The van der Waals surface area contributed by atoms with Crippen molar-refractivity contribution in [2.75, 3.05) is 11.9 Å². The quantitative estimate of drug-likeness (QED) is 0.715. The van der Waals surface area contributed by atoms with Crippen molar-refractivity contribution in [3.05, 3.63) is 41.6 Å². The minimum absolute atomic E-state index is 1.15. The van der Waals surface area contributed by atoms with Gasteiger partial charge in [-0.05, 0) is 31.9 Å². The van der Waals surface area contributed by atoms with Crippen LogP contribution < -0.4 is 4.90 Å². The number of rotatable bonds is 4. The van der Waals surface area contributed by atoms with E-state index in [-0.39, 0.29) is 0 Å². The molecule has 0 fully saturated rings. The van der Waals surface area contributed by atoms with Crippen molar-refractivity contribution in [3.8, 4) is 0 Å². The van der Waals surface area contributed by atoms with E-state index in [1.807, 2.05) is 0 Å². The van der Waals surface area contributed by atoms with E-state index in [9.17, 15) is 0 Å². The highest BCUT2D eigenvalue weighted by Crippen LogP contribution is 2.21. The Morgan fingerprint density at radius 2 is 1.93 bits per heavy atom. The summed E-state index contributed by atoms with van der Waals surface area (Å²) in [5.74, 6) is 0. The van der Waals surface area contributed by atoms with Crippen molar-refractivity contribution in [2.45, 2.75) is 33.6 Å². The summed E-state index contributed by atoms with van der Waals surface area (Å²) < 4.78 is 0. The first-order valence-electron chi connectivity index (χ1n) is 5.61. The minimum Gasteiger partial charge on any atom is -0.351 e. The van der Waals surface area contributed by atoms with Crippen molar-refractivity contribution in [1.82, 2.24) is 0 Å². The molecule has 0 aliphatic rings. The van der Waals surface area contributed by atoms with Gasteiger partial charge in [-0.25, -0.2) is 0 Å². The van der Waals surface area contributed by atoms with Crippen LogP contribution in [0.3, 0.4) is 0 Å². The van der Waals surface area contributed by atoms with Gasteiger partial charge >= 0.3 is 0 Å². The zero-order valence-electron chi connectivity index (χ0n) is 10.2. The minimum atomic E-state index is 1.15. The lowest BCUT2D eigenvalue weighted by Gasteiger charge is -2.19. The molecule has 1 aromatic carbocycles. The first-order chi connectivity index (χ1) is 7.15. The van der Waals surface area contributed by atoms with Crippen molar-refractivity contribution in [1.29, 1.82) is 0 Å². The molecule has 0 saturated heterocycles. The Bertz CT molecular complexity index is 335. The van der Waals surface area contributed by atoms with Crippen molar-refractivity contribution >= 4 is 5.69 Å². The van der Waals surface area contributed by atoms with Crippen molar-refractivity contribution in [2.24, 2.45) is 0 Å². The second-order valence-electron chi connectivity index (χ2n) is 4.20. The van der Waals surface area contributed by atoms with Crippen LogP contribution in [0.25, 0.3) is 0 Å². The van der Waals surface area contributed by atoms with E-state index in [2.05, 4.69) is 63.2 Å². The van der Waals surface area contributed by atoms with Gasteiger partial charge in [0, 0.05) is 18.9 Å². The maximum atomic E-state index is 2.22. The van der Waals surface area contributed by atoms with Gasteiger partial charge < -0.3 is 4.90 Å². The van der Waals surface area contributed by atoms with Gasteiger partial charge in [0.1, 0.15) is 0 Å². The van der Waals surface area contributed by atoms with E-state index < -0.39 is 0 Å². The molecule has 1 heteroatoms. The molecule has 0 N–H and O–H groups in total. The summed E-state index contributed by atoms with van der Waals surface area (Å²) in [4.78, 5) is 2.21. The van der Waals surface area contributed by atoms with Crippen molar-refractivity contribution < 1.29 is 0 Å². The van der Waals surface area contributed by atoms with Crippen LogP contribution in [0.2, 0.25) is 0 Å². The number of aryl methyl sites for hydroxylation is 1. The standard InChI is InChI=1S/C14H21N/c1-5-8-13-9-6-7-10-14(13)15(4)11-12(2)3/h6-7,9-11H,5,8H2,1-4H3. The van der Waals surface area contributed by atoms with Crippen LogP contribution in [0, 0.1) is 0 Å². The fraction of sp³-hybridized carbons (Fsp3) is 0.429. The zero-order valence-corrected chi connectivity index (χ0v) is 10.2. The summed E-state index contributed by atoms with van der Waals surface area (Å²) in [5, 5.41) is 0. The van der Waals surface area contributed by atoms with Crippen LogP contribution in [-0.4, -0.2) is 7.05 Å². The molecule has 0 radical (unpaired) electrons. The van der Waals surface area contributed by atoms with E-state index in [1.165, 1.54) is 23.2 Å². The monoisotopic (exact) mass is 203 g/mol. The third-order valence-corrected chi connectivity index (χ3v) is 2.34. The van der Waals surface area contributed by atoms with Gasteiger partial charge in [0.2, 0.25) is 0 Å². The molecule has 15 heavy (non-hydrogen) atoms. The average molecular weight is 203 g/mol. The summed E-state index contributed by atoms with van der Waals surface area (Å²) in [6.45, 7) is 6.47. The summed E-state index contributed by atoms with van der Waals surface area (Å²) >= 11 is 0. The molecule has 0 amide bonds. The Labute approximate surface area is 93.4 Å². The number of anilines is 1. The van der Waals surface area contributed by atoms with Crippen LogP contribution >= 0.6 is 0 Å². The predicted molar refractivity (Wildman–Crippen MR) is 68.3 cm³/mol. The highest BCUT2D eigenvalue weighted by Gasteiger charge is 2.03. The number of benzene rings is 1. The second kappa shape index (κ2) is 5.59. The zero-order chi connectivity index (χ0) is 11.3. The SMILES string of the molecule is CCCc1ccccc1N(C)C=C(C)C. The average Bonchev–Trinajstić information content (AvgIpc) is 2.18. The van der Waals surface area contributed by atoms with E-state index in [1.54, 1.807) is 0 Å². The molecule has 0 unspecified atom stereocenters. The molecule has 0 aliphatic carbocycles. The highest BCUT2D eigenvalue weighted by atomic mass is 15.1. The van der Waals surface area contributed by atoms with Gasteiger partial charge in [-0.3, -0.25) is 0 Å². The number of nitrogens with zero attached hydrogens (tertiary/aromatic N) is 1. The van der Waals surface area contributed by atoms with Crippen LogP contribution in [0.5, 0.6) is 0 Å². The molecule has 0 atom stereocenters. The van der Waals surface area contributed by atoms with Gasteiger partial charge in [0.15, 0.2) is 0 Å². The number of para-hydroxylation sites is 1. The molecule has 1 aromatic rings. The number of hydrogen-bond acceptors (Lipinski definition) is 1. The smallest absolute Gasteiger partial charge is 0.0436 e. The molecule has 0 saturated carbocycles. The summed E-state index contributed by atoms with van der Waals surface area (Å²) in [6.07, 6.45) is 4.52. The number of allylic oxidation sites excluding steroid dienone is 1. The van der Waals surface area contributed by atoms with E-state index in [4.69, 9.17) is 0 Å². The Kier molecular flexibility index (Phi) is 4.41. The third kappa shape index (κ3) is 3.43. The molecule has 82 valence electrons. The normalized spacial score (nSPS) is 9.87. The Hall–Kier alpha value is -1.24. The Balaban J connectivity index is 2.96. The molecular formula is C14H21N. The lowest BCUT2D eigenvalue weighted by atomic mass is 10.1. The van der Waals surface area contributed by atoms with Crippen LogP contribution in [0.15, 0.2) is 36.0 Å². The first kappa shape index (κ1) is 11.8. The Morgan fingerprint density at radius 3 is 2.53 bits per heavy atom. The van der Waals surface area contributed by atoms with Crippen LogP contribution in [-0.2, 0) is 6.42 Å². The molecule has 1 nitrogen and oxygen atoms in total. The fourth-order valence-electron chi connectivity index (χ4n) is 1.79. The first-order valence-corrected chi connectivity index (χ1v) is 5.61. The molecular weight excluding hydrogens is 182 g/mol. The predicted octanol–water partition coefficient (Wildman–Crippen LogP) is 4.00. The third-order valence-electron chi connectivity index (χ3n) is 2.34. The van der Waals surface area contributed by atoms with Crippen LogP contribution in [0.4, 0.5) is 5.69 Å². The fourth-order valence-corrected chi connectivity index (χ4v) is 1.79. The van der Waals surface area contributed by atoms with Crippen LogP contribution in [0.1, 0.15) is 32.8 Å². The summed E-state index contributed by atoms with van der Waals surface area (Å²) in [7, 11) is 2.11. The molecule has 1 rings (SSSR count). The highest BCUT2D eigenvalue weighted by molar-refractivity contribution is 5.55. The molecule has 0 aliphatic heterocycles. The second-order valence-corrected chi connectivity index (χ2v) is 4.20. The van der Waals surface area contributed by atoms with Gasteiger partial charge in [0.05, 0.1) is 0 Å². The summed E-state index contributed by atoms with van der Waals surface area (Å²) in [5.41, 5.74) is 4.07.